The summed E-state index contributed by atoms with van der Waals surface area (Å²) in [4.78, 5) is 14.1. The van der Waals surface area contributed by atoms with Gasteiger partial charge in [0.25, 0.3) is 0 Å². The molecular formula is C12H22N2O. The van der Waals surface area contributed by atoms with Crippen molar-refractivity contribution in [2.24, 2.45) is 5.41 Å². The fourth-order valence-corrected chi connectivity index (χ4v) is 3.04. The summed E-state index contributed by atoms with van der Waals surface area (Å²) in [7, 11) is 0. The fraction of sp³-hybridized carbons (Fsp3) is 0.917. The molecule has 1 aliphatic heterocycles. The zero-order valence-corrected chi connectivity index (χ0v) is 10.0. The molecular weight excluding hydrogens is 188 g/mol. The van der Waals surface area contributed by atoms with Crippen molar-refractivity contribution in [3.05, 3.63) is 0 Å². The van der Waals surface area contributed by atoms with Crippen LogP contribution in [0.1, 0.15) is 46.5 Å². The Morgan fingerprint density at radius 3 is 2.73 bits per heavy atom. The van der Waals surface area contributed by atoms with E-state index in [4.69, 9.17) is 0 Å². The van der Waals surface area contributed by atoms with E-state index in [0.717, 1.165) is 13.1 Å². The van der Waals surface area contributed by atoms with Gasteiger partial charge in [-0.15, -0.1) is 0 Å². The topological polar surface area (TPSA) is 32.3 Å². The second-order valence-corrected chi connectivity index (χ2v) is 5.53. The highest BCUT2D eigenvalue weighted by Gasteiger charge is 2.43. The number of amides is 1. The van der Waals surface area contributed by atoms with Crippen LogP contribution in [-0.4, -0.2) is 29.6 Å². The van der Waals surface area contributed by atoms with Gasteiger partial charge in [-0.2, -0.15) is 0 Å². The molecule has 1 amide bonds. The normalized spacial score (nSPS) is 35.1. The molecule has 1 saturated carbocycles. The van der Waals surface area contributed by atoms with Crippen LogP contribution in [0.25, 0.3) is 0 Å². The SMILES string of the molecule is CCC1NCN(C2CCCC2(C)C)C1=O. The van der Waals surface area contributed by atoms with E-state index in [9.17, 15) is 4.79 Å². The van der Waals surface area contributed by atoms with Crippen molar-refractivity contribution in [2.45, 2.75) is 58.5 Å². The van der Waals surface area contributed by atoms with Crippen molar-refractivity contribution in [1.29, 1.82) is 0 Å². The highest BCUT2D eigenvalue weighted by molar-refractivity contribution is 5.84. The van der Waals surface area contributed by atoms with E-state index in [1.807, 2.05) is 0 Å². The third-order valence-electron chi connectivity index (χ3n) is 4.07. The average molecular weight is 210 g/mol. The predicted molar refractivity (Wildman–Crippen MR) is 60.3 cm³/mol. The largest absolute Gasteiger partial charge is 0.325 e. The van der Waals surface area contributed by atoms with Crippen molar-refractivity contribution >= 4 is 5.91 Å². The molecule has 86 valence electrons. The van der Waals surface area contributed by atoms with Crippen LogP contribution in [0, 0.1) is 5.41 Å². The summed E-state index contributed by atoms with van der Waals surface area (Å²) in [5.41, 5.74) is 0.306. The Hall–Kier alpha value is -0.570. The summed E-state index contributed by atoms with van der Waals surface area (Å²) in [6.07, 6.45) is 4.59. The van der Waals surface area contributed by atoms with Crippen LogP contribution in [0.2, 0.25) is 0 Å². The number of carbonyl (C=O) groups excluding carboxylic acids is 1. The summed E-state index contributed by atoms with van der Waals surface area (Å²) in [6, 6.07) is 0.524. The molecule has 3 heteroatoms. The van der Waals surface area contributed by atoms with Crippen LogP contribution < -0.4 is 5.32 Å². The first-order chi connectivity index (χ1) is 7.06. The van der Waals surface area contributed by atoms with E-state index in [1.54, 1.807) is 0 Å². The maximum Gasteiger partial charge on any atom is 0.241 e. The molecule has 1 saturated heterocycles. The summed E-state index contributed by atoms with van der Waals surface area (Å²) in [5, 5.41) is 3.30. The number of carbonyl (C=O) groups is 1. The summed E-state index contributed by atoms with van der Waals surface area (Å²) in [6.45, 7) is 7.40. The Bertz CT molecular complexity index is 262. The second-order valence-electron chi connectivity index (χ2n) is 5.53. The molecule has 0 spiro atoms. The van der Waals surface area contributed by atoms with E-state index in [-0.39, 0.29) is 6.04 Å². The Morgan fingerprint density at radius 2 is 2.27 bits per heavy atom. The maximum atomic E-state index is 12.1. The quantitative estimate of drug-likeness (QED) is 0.753. The van der Waals surface area contributed by atoms with Crippen LogP contribution in [0.4, 0.5) is 0 Å². The number of rotatable bonds is 2. The number of hydrogen-bond donors (Lipinski definition) is 1. The third kappa shape index (κ3) is 1.78. The minimum atomic E-state index is 0.0707. The lowest BCUT2D eigenvalue weighted by Crippen LogP contribution is -2.44. The van der Waals surface area contributed by atoms with Crippen molar-refractivity contribution < 1.29 is 4.79 Å². The molecule has 0 bridgehead atoms. The Kier molecular flexibility index (Phi) is 2.75. The molecule has 1 N–H and O–H groups in total. The van der Waals surface area contributed by atoms with Crippen molar-refractivity contribution in [1.82, 2.24) is 10.2 Å². The van der Waals surface area contributed by atoms with E-state index in [0.29, 0.717) is 17.4 Å². The standard InChI is InChI=1S/C12H22N2O/c1-4-9-11(15)14(8-13-9)10-6-5-7-12(10,2)3/h9-10,13H,4-8H2,1-3H3. The predicted octanol–water partition coefficient (Wildman–Crippen LogP) is 1.73. The molecule has 15 heavy (non-hydrogen) atoms. The summed E-state index contributed by atoms with van der Waals surface area (Å²) >= 11 is 0. The molecule has 2 aliphatic rings. The van der Waals surface area contributed by atoms with E-state index >= 15 is 0 Å². The fourth-order valence-electron chi connectivity index (χ4n) is 3.04. The van der Waals surface area contributed by atoms with Gasteiger partial charge in [0, 0.05) is 6.04 Å². The van der Waals surface area contributed by atoms with Crippen molar-refractivity contribution in [3.8, 4) is 0 Å². The molecule has 0 aromatic heterocycles. The molecule has 2 rings (SSSR count). The minimum Gasteiger partial charge on any atom is -0.325 e. The maximum absolute atomic E-state index is 12.1. The van der Waals surface area contributed by atoms with Gasteiger partial charge in [-0.25, -0.2) is 0 Å². The van der Waals surface area contributed by atoms with Gasteiger partial charge in [-0.05, 0) is 24.7 Å². The van der Waals surface area contributed by atoms with Gasteiger partial charge in [0.05, 0.1) is 12.7 Å². The van der Waals surface area contributed by atoms with E-state index in [2.05, 4.69) is 31.0 Å². The van der Waals surface area contributed by atoms with Gasteiger partial charge in [-0.3, -0.25) is 10.1 Å². The average Bonchev–Trinajstić information content (AvgIpc) is 2.69. The number of hydrogen-bond acceptors (Lipinski definition) is 2. The Morgan fingerprint density at radius 1 is 1.53 bits per heavy atom. The van der Waals surface area contributed by atoms with Crippen molar-refractivity contribution in [2.75, 3.05) is 6.67 Å². The van der Waals surface area contributed by atoms with E-state index < -0.39 is 0 Å². The number of nitrogens with one attached hydrogen (secondary N) is 1. The molecule has 2 fully saturated rings. The molecule has 0 aromatic carbocycles. The van der Waals surface area contributed by atoms with Gasteiger partial charge < -0.3 is 4.90 Å². The lowest BCUT2D eigenvalue weighted by Gasteiger charge is -2.34. The summed E-state index contributed by atoms with van der Waals surface area (Å²) < 4.78 is 0. The van der Waals surface area contributed by atoms with Crippen LogP contribution in [0.3, 0.4) is 0 Å². The highest BCUT2D eigenvalue weighted by Crippen LogP contribution is 2.41. The summed E-state index contributed by atoms with van der Waals surface area (Å²) in [5.74, 6) is 0.317. The Balaban J connectivity index is 2.09. The van der Waals surface area contributed by atoms with E-state index in [1.165, 1.54) is 19.3 Å². The number of nitrogens with zero attached hydrogens (tertiary/aromatic N) is 1. The van der Waals surface area contributed by atoms with Crippen LogP contribution in [0.15, 0.2) is 0 Å². The lowest BCUT2D eigenvalue weighted by atomic mass is 9.86. The molecule has 1 heterocycles. The van der Waals surface area contributed by atoms with Crippen LogP contribution >= 0.6 is 0 Å². The van der Waals surface area contributed by atoms with Gasteiger partial charge in [0.15, 0.2) is 0 Å². The van der Waals surface area contributed by atoms with Gasteiger partial charge in [0.1, 0.15) is 0 Å². The molecule has 0 aromatic rings. The highest BCUT2D eigenvalue weighted by atomic mass is 16.2. The minimum absolute atomic E-state index is 0.0707. The zero-order valence-electron chi connectivity index (χ0n) is 10.0. The zero-order chi connectivity index (χ0) is 11.1. The van der Waals surface area contributed by atoms with Gasteiger partial charge >= 0.3 is 0 Å². The second kappa shape index (κ2) is 3.78. The third-order valence-corrected chi connectivity index (χ3v) is 4.07. The van der Waals surface area contributed by atoms with Gasteiger partial charge in [0.2, 0.25) is 5.91 Å². The molecule has 1 aliphatic carbocycles. The monoisotopic (exact) mass is 210 g/mol. The van der Waals surface area contributed by atoms with Gasteiger partial charge in [-0.1, -0.05) is 27.2 Å². The lowest BCUT2D eigenvalue weighted by molar-refractivity contribution is -0.132. The smallest absolute Gasteiger partial charge is 0.241 e. The van der Waals surface area contributed by atoms with Crippen LogP contribution in [0.5, 0.6) is 0 Å². The molecule has 0 radical (unpaired) electrons. The first-order valence-electron chi connectivity index (χ1n) is 6.10. The van der Waals surface area contributed by atoms with Crippen molar-refractivity contribution in [3.63, 3.8) is 0 Å². The molecule has 2 atom stereocenters. The Labute approximate surface area is 92.2 Å². The molecule has 2 unspecified atom stereocenters. The first-order valence-corrected chi connectivity index (χ1v) is 6.10. The molecule has 3 nitrogen and oxygen atoms in total. The van der Waals surface area contributed by atoms with Crippen LogP contribution in [-0.2, 0) is 4.79 Å². The first kappa shape index (κ1) is 10.9.